The summed E-state index contributed by atoms with van der Waals surface area (Å²) in [7, 11) is 2.04. The summed E-state index contributed by atoms with van der Waals surface area (Å²) in [4.78, 5) is 6.50. The minimum Gasteiger partial charge on any atom is -0.351 e. The predicted octanol–water partition coefficient (Wildman–Crippen LogP) is 4.45. The molecule has 0 amide bonds. The van der Waals surface area contributed by atoms with Crippen molar-refractivity contribution in [2.75, 3.05) is 7.05 Å². The lowest BCUT2D eigenvalue weighted by Crippen LogP contribution is -2.09. The Hall–Kier alpha value is -1.87. The van der Waals surface area contributed by atoms with Gasteiger partial charge in [0.15, 0.2) is 0 Å². The van der Waals surface area contributed by atoms with Crippen LogP contribution in [0.25, 0.3) is 5.57 Å². The summed E-state index contributed by atoms with van der Waals surface area (Å²) in [6, 6.07) is 6.15. The minimum absolute atomic E-state index is 1.03. The molecule has 94 valence electrons. The number of rotatable bonds is 1. The summed E-state index contributed by atoms with van der Waals surface area (Å²) in [5, 5.41) is 0. The van der Waals surface area contributed by atoms with E-state index in [1.807, 2.05) is 43.7 Å². The Balaban J connectivity index is 1.94. The second-order valence-corrected chi connectivity index (χ2v) is 5.36. The zero-order valence-electron chi connectivity index (χ0n) is 10.5. The van der Waals surface area contributed by atoms with Crippen LogP contribution in [0.1, 0.15) is 5.56 Å². The largest absolute Gasteiger partial charge is 0.351 e. The van der Waals surface area contributed by atoms with E-state index in [2.05, 4.69) is 50.1 Å². The fourth-order valence-corrected chi connectivity index (χ4v) is 2.44. The predicted molar refractivity (Wildman–Crippen MR) is 84.4 cm³/mol. The molecule has 0 saturated carbocycles. The first-order chi connectivity index (χ1) is 9.24. The molecule has 1 aromatic rings. The molecule has 0 radical (unpaired) electrons. The van der Waals surface area contributed by atoms with E-state index in [1.54, 1.807) is 0 Å². The molecule has 2 aliphatic heterocycles. The van der Waals surface area contributed by atoms with Gasteiger partial charge in [0.25, 0.3) is 0 Å². The maximum atomic E-state index is 4.42. The van der Waals surface area contributed by atoms with Gasteiger partial charge in [-0.15, -0.1) is 0 Å². The van der Waals surface area contributed by atoms with Crippen LogP contribution >= 0.6 is 15.9 Å². The quantitative estimate of drug-likeness (QED) is 0.748. The molecule has 0 saturated heterocycles. The first kappa shape index (κ1) is 12.2. The molecule has 19 heavy (non-hydrogen) atoms. The topological polar surface area (TPSA) is 15.6 Å². The number of allylic oxidation sites excluding steroid dienone is 6. The average molecular weight is 313 g/mol. The first-order valence-corrected chi connectivity index (χ1v) is 6.87. The fraction of sp³-hybridized carbons (Fsp3) is 0.0625. The summed E-state index contributed by atoms with van der Waals surface area (Å²) in [6.45, 7) is 0. The molecule has 2 aliphatic rings. The van der Waals surface area contributed by atoms with Crippen molar-refractivity contribution in [3.8, 4) is 0 Å². The third kappa shape index (κ3) is 2.47. The van der Waals surface area contributed by atoms with Gasteiger partial charge in [0.2, 0.25) is 0 Å². The molecule has 0 fully saturated rings. The lowest BCUT2D eigenvalue weighted by atomic mass is 10.1. The molecular formula is C16H13BrN2. The second-order valence-electron chi connectivity index (χ2n) is 4.44. The van der Waals surface area contributed by atoms with Gasteiger partial charge in [-0.05, 0) is 36.4 Å². The summed E-state index contributed by atoms with van der Waals surface area (Å²) in [6.07, 6.45) is 14.3. The van der Waals surface area contributed by atoms with Crippen molar-refractivity contribution < 1.29 is 0 Å². The van der Waals surface area contributed by atoms with Crippen LogP contribution in [0.15, 0.2) is 69.9 Å². The molecule has 0 spiro atoms. The highest BCUT2D eigenvalue weighted by Gasteiger charge is 2.11. The van der Waals surface area contributed by atoms with E-state index in [1.165, 1.54) is 5.56 Å². The summed E-state index contributed by atoms with van der Waals surface area (Å²) in [5.41, 5.74) is 4.50. The van der Waals surface area contributed by atoms with Crippen molar-refractivity contribution in [1.82, 2.24) is 4.90 Å². The van der Waals surface area contributed by atoms with Gasteiger partial charge >= 0.3 is 0 Å². The Morgan fingerprint density at radius 3 is 2.95 bits per heavy atom. The van der Waals surface area contributed by atoms with Crippen LogP contribution in [-0.2, 0) is 0 Å². The number of fused-ring (bicyclic) bond motifs is 1. The van der Waals surface area contributed by atoms with Crippen molar-refractivity contribution in [3.63, 3.8) is 0 Å². The number of aliphatic imine (C=N–C) groups is 1. The highest BCUT2D eigenvalue weighted by molar-refractivity contribution is 9.10. The van der Waals surface area contributed by atoms with Gasteiger partial charge in [0.05, 0.1) is 5.69 Å². The number of nitrogens with zero attached hydrogens (tertiary/aromatic N) is 2. The van der Waals surface area contributed by atoms with Crippen LogP contribution in [0.3, 0.4) is 0 Å². The normalized spacial score (nSPS) is 20.6. The van der Waals surface area contributed by atoms with Crippen LogP contribution < -0.4 is 0 Å². The van der Waals surface area contributed by atoms with Crippen molar-refractivity contribution in [3.05, 3.63) is 70.5 Å². The summed E-state index contributed by atoms with van der Waals surface area (Å²) >= 11 is 3.50. The second kappa shape index (κ2) is 5.02. The van der Waals surface area contributed by atoms with Gasteiger partial charge in [-0.3, -0.25) is 4.99 Å². The van der Waals surface area contributed by atoms with Crippen molar-refractivity contribution in [2.45, 2.75) is 0 Å². The van der Waals surface area contributed by atoms with Crippen LogP contribution in [0.4, 0.5) is 5.69 Å². The SMILES string of the molecule is CN1C=CC=C/C1=C/C=C1/C=Nc2ccc(Br)cc21. The lowest BCUT2D eigenvalue weighted by Gasteiger charge is -2.17. The number of hydrogen-bond donors (Lipinski definition) is 0. The molecule has 0 bridgehead atoms. The molecular weight excluding hydrogens is 300 g/mol. The lowest BCUT2D eigenvalue weighted by molar-refractivity contribution is 0.584. The van der Waals surface area contributed by atoms with E-state index in [-0.39, 0.29) is 0 Å². The van der Waals surface area contributed by atoms with Gasteiger partial charge in [-0.1, -0.05) is 28.1 Å². The van der Waals surface area contributed by atoms with E-state index in [4.69, 9.17) is 0 Å². The van der Waals surface area contributed by atoms with Crippen molar-refractivity contribution in [2.24, 2.45) is 4.99 Å². The molecule has 0 atom stereocenters. The molecule has 2 nitrogen and oxygen atoms in total. The fourth-order valence-electron chi connectivity index (χ4n) is 2.08. The van der Waals surface area contributed by atoms with E-state index < -0.39 is 0 Å². The molecule has 0 unspecified atom stereocenters. The minimum atomic E-state index is 1.03. The molecule has 0 N–H and O–H groups in total. The molecule has 1 aromatic carbocycles. The zero-order valence-corrected chi connectivity index (χ0v) is 12.1. The van der Waals surface area contributed by atoms with Gasteiger partial charge in [0.1, 0.15) is 0 Å². The Labute approximate surface area is 121 Å². The van der Waals surface area contributed by atoms with Gasteiger partial charge in [0, 0.05) is 40.8 Å². The van der Waals surface area contributed by atoms with E-state index in [0.717, 1.165) is 21.4 Å². The van der Waals surface area contributed by atoms with Crippen molar-refractivity contribution >= 4 is 33.4 Å². The number of halogens is 1. The van der Waals surface area contributed by atoms with E-state index in [0.29, 0.717) is 0 Å². The monoisotopic (exact) mass is 312 g/mol. The Kier molecular flexibility index (Phi) is 3.22. The van der Waals surface area contributed by atoms with Crippen LogP contribution in [0.5, 0.6) is 0 Å². The molecule has 3 rings (SSSR count). The Morgan fingerprint density at radius 1 is 1.21 bits per heavy atom. The number of likely N-dealkylation sites (N-methyl/N-ethyl adjacent to an activating group) is 1. The number of benzene rings is 1. The first-order valence-electron chi connectivity index (χ1n) is 6.08. The smallest absolute Gasteiger partial charge is 0.0709 e. The van der Waals surface area contributed by atoms with Crippen LogP contribution in [-0.4, -0.2) is 18.2 Å². The summed E-state index contributed by atoms with van der Waals surface area (Å²) < 4.78 is 1.08. The Morgan fingerprint density at radius 2 is 2.11 bits per heavy atom. The Bertz CT molecular complexity index is 663. The van der Waals surface area contributed by atoms with Crippen molar-refractivity contribution in [1.29, 1.82) is 0 Å². The van der Waals surface area contributed by atoms with Crippen LogP contribution in [0, 0.1) is 0 Å². The molecule has 2 heterocycles. The van der Waals surface area contributed by atoms with E-state index >= 15 is 0 Å². The highest BCUT2D eigenvalue weighted by Crippen LogP contribution is 2.33. The average Bonchev–Trinajstić information content (AvgIpc) is 2.80. The highest BCUT2D eigenvalue weighted by atomic mass is 79.9. The van der Waals surface area contributed by atoms with Gasteiger partial charge in [-0.2, -0.15) is 0 Å². The van der Waals surface area contributed by atoms with Gasteiger partial charge in [-0.25, -0.2) is 0 Å². The molecule has 0 aliphatic carbocycles. The number of hydrogen-bond acceptors (Lipinski definition) is 2. The third-order valence-electron chi connectivity index (χ3n) is 3.14. The van der Waals surface area contributed by atoms with Gasteiger partial charge < -0.3 is 4.90 Å². The standard InChI is InChI=1S/C16H13BrN2/c1-19-9-3-2-4-14(19)7-5-12-11-18-16-8-6-13(17)10-15(12)16/h2-11H,1H3/b12-5-,14-7-. The maximum Gasteiger partial charge on any atom is 0.0709 e. The van der Waals surface area contributed by atoms with Crippen LogP contribution in [0.2, 0.25) is 0 Å². The molecule has 0 aromatic heterocycles. The zero-order chi connectivity index (χ0) is 13.2. The molecule has 3 heteroatoms. The summed E-state index contributed by atoms with van der Waals surface area (Å²) in [5.74, 6) is 0. The third-order valence-corrected chi connectivity index (χ3v) is 3.63. The maximum absolute atomic E-state index is 4.42. The van der Waals surface area contributed by atoms with E-state index in [9.17, 15) is 0 Å².